The van der Waals surface area contributed by atoms with Crippen LogP contribution in [0.25, 0.3) is 0 Å². The van der Waals surface area contributed by atoms with Gasteiger partial charge in [0.1, 0.15) is 0 Å². The van der Waals surface area contributed by atoms with Crippen LogP contribution in [0.5, 0.6) is 11.5 Å². The molecular weight excluding hydrogens is 438 g/mol. The first kappa shape index (κ1) is 22.2. The summed E-state index contributed by atoms with van der Waals surface area (Å²) in [5, 5.41) is 6.50. The Labute approximate surface area is 185 Å². The summed E-state index contributed by atoms with van der Waals surface area (Å²) in [6.45, 7) is 0.472. The van der Waals surface area contributed by atoms with Crippen LogP contribution in [0, 0.1) is 0 Å². The topological polar surface area (TPSA) is 114 Å². The lowest BCUT2D eigenvalue weighted by atomic mass is 10.2. The minimum atomic E-state index is -3.79. The van der Waals surface area contributed by atoms with Gasteiger partial charge in [-0.15, -0.1) is 0 Å². The molecule has 0 aliphatic rings. The summed E-state index contributed by atoms with van der Waals surface area (Å²) in [6.07, 6.45) is 2.90. The van der Waals surface area contributed by atoms with Crippen molar-refractivity contribution in [2.24, 2.45) is 0 Å². The normalized spacial score (nSPS) is 10.8. The van der Waals surface area contributed by atoms with Crippen molar-refractivity contribution in [1.29, 1.82) is 0 Å². The van der Waals surface area contributed by atoms with Crippen LogP contribution in [0.3, 0.4) is 0 Å². The molecule has 9 nitrogen and oxygen atoms in total. The third-order valence-electron chi connectivity index (χ3n) is 4.11. The number of hydrogen-bond donors (Lipinski definition) is 3. The fourth-order valence-corrected chi connectivity index (χ4v) is 3.74. The van der Waals surface area contributed by atoms with Crippen LogP contribution in [-0.4, -0.2) is 37.7 Å². The zero-order valence-corrected chi connectivity index (χ0v) is 18.5. The molecule has 0 spiro atoms. The van der Waals surface area contributed by atoms with Crippen molar-refractivity contribution < 1.29 is 17.9 Å². The highest BCUT2D eigenvalue weighted by Gasteiger charge is 2.15. The zero-order valence-electron chi connectivity index (χ0n) is 16.8. The Bertz CT molecular complexity index is 1140. The van der Waals surface area contributed by atoms with E-state index in [9.17, 15) is 8.42 Å². The van der Waals surface area contributed by atoms with E-state index in [0.717, 1.165) is 5.56 Å². The lowest BCUT2D eigenvalue weighted by Gasteiger charge is -2.13. The molecule has 0 aliphatic heterocycles. The molecule has 2 aromatic carbocycles. The lowest BCUT2D eigenvalue weighted by molar-refractivity contribution is 0.354. The molecular formula is C20H21N5O4S2. The van der Waals surface area contributed by atoms with Gasteiger partial charge in [0.05, 0.1) is 19.1 Å². The van der Waals surface area contributed by atoms with Crippen molar-refractivity contribution in [3.05, 3.63) is 66.5 Å². The Kier molecular flexibility index (Phi) is 7.21. The maximum Gasteiger partial charge on any atom is 0.264 e. The van der Waals surface area contributed by atoms with E-state index in [1.165, 1.54) is 24.5 Å². The highest BCUT2D eigenvalue weighted by Crippen LogP contribution is 2.27. The Morgan fingerprint density at radius 3 is 2.32 bits per heavy atom. The molecule has 1 heterocycles. The summed E-state index contributed by atoms with van der Waals surface area (Å²) in [5.41, 5.74) is 1.59. The van der Waals surface area contributed by atoms with E-state index in [-0.39, 0.29) is 10.8 Å². The first-order valence-electron chi connectivity index (χ1n) is 9.07. The van der Waals surface area contributed by atoms with Crippen LogP contribution in [-0.2, 0) is 16.6 Å². The van der Waals surface area contributed by atoms with Gasteiger partial charge in [-0.25, -0.2) is 23.1 Å². The van der Waals surface area contributed by atoms with Gasteiger partial charge in [0.15, 0.2) is 16.6 Å². The number of thiocarbonyl (C=S) groups is 1. The number of hydrogen-bond acceptors (Lipinski definition) is 7. The summed E-state index contributed by atoms with van der Waals surface area (Å²) in [6, 6.07) is 13.3. The molecule has 162 valence electrons. The van der Waals surface area contributed by atoms with Crippen molar-refractivity contribution in [3.63, 3.8) is 0 Å². The zero-order chi connectivity index (χ0) is 22.3. The highest BCUT2D eigenvalue weighted by atomic mass is 32.2. The molecule has 11 heteroatoms. The molecule has 0 atom stereocenters. The van der Waals surface area contributed by atoms with E-state index in [1.807, 2.05) is 18.2 Å². The van der Waals surface area contributed by atoms with E-state index in [0.29, 0.717) is 28.8 Å². The van der Waals surface area contributed by atoms with Gasteiger partial charge >= 0.3 is 0 Å². The SMILES string of the molecule is COc1ccc(CNC(=S)Nc2ccc(S(=O)(=O)Nc3ncccn3)cc2)cc1OC. The van der Waals surface area contributed by atoms with Gasteiger partial charge in [-0.1, -0.05) is 6.07 Å². The number of nitrogens with zero attached hydrogens (tertiary/aromatic N) is 2. The molecule has 0 saturated carbocycles. The largest absolute Gasteiger partial charge is 0.493 e. The van der Waals surface area contributed by atoms with Gasteiger partial charge in [-0.3, -0.25) is 0 Å². The number of anilines is 2. The van der Waals surface area contributed by atoms with Crippen molar-refractivity contribution in [2.45, 2.75) is 11.4 Å². The van der Waals surface area contributed by atoms with Crippen molar-refractivity contribution in [1.82, 2.24) is 15.3 Å². The minimum absolute atomic E-state index is 0.00485. The summed E-state index contributed by atoms with van der Waals surface area (Å²) in [5.74, 6) is 1.28. The van der Waals surface area contributed by atoms with Gasteiger partial charge in [0.25, 0.3) is 10.0 Å². The number of benzene rings is 2. The average molecular weight is 460 g/mol. The maximum atomic E-state index is 12.4. The molecule has 0 unspecified atom stereocenters. The first-order valence-corrected chi connectivity index (χ1v) is 11.0. The minimum Gasteiger partial charge on any atom is -0.493 e. The molecule has 31 heavy (non-hydrogen) atoms. The predicted octanol–water partition coefficient (Wildman–Crippen LogP) is 2.78. The van der Waals surface area contributed by atoms with Gasteiger partial charge < -0.3 is 20.1 Å². The van der Waals surface area contributed by atoms with E-state index < -0.39 is 10.0 Å². The molecule has 0 fully saturated rings. The third-order valence-corrected chi connectivity index (χ3v) is 5.71. The van der Waals surface area contributed by atoms with E-state index in [1.54, 1.807) is 32.4 Å². The molecule has 1 aromatic heterocycles. The molecule has 0 aliphatic carbocycles. The molecule has 0 saturated heterocycles. The Balaban J connectivity index is 1.57. The molecule has 3 N–H and O–H groups in total. The summed E-state index contributed by atoms with van der Waals surface area (Å²) >= 11 is 5.31. The average Bonchev–Trinajstić information content (AvgIpc) is 2.78. The van der Waals surface area contributed by atoms with Crippen LogP contribution >= 0.6 is 12.2 Å². The first-order chi connectivity index (χ1) is 14.9. The summed E-state index contributed by atoms with van der Waals surface area (Å²) < 4.78 is 37.7. The number of rotatable bonds is 8. The fraction of sp³-hybridized carbons (Fsp3) is 0.150. The second kappa shape index (κ2) is 10.0. The fourth-order valence-electron chi connectivity index (χ4n) is 2.60. The van der Waals surface area contributed by atoms with Crippen molar-refractivity contribution in [3.8, 4) is 11.5 Å². The quantitative estimate of drug-likeness (QED) is 0.437. The van der Waals surface area contributed by atoms with Crippen LogP contribution in [0.2, 0.25) is 0 Å². The van der Waals surface area contributed by atoms with Crippen LogP contribution < -0.4 is 24.8 Å². The van der Waals surface area contributed by atoms with Gasteiger partial charge in [0, 0.05) is 24.6 Å². The van der Waals surface area contributed by atoms with Gasteiger partial charge in [-0.2, -0.15) is 0 Å². The third kappa shape index (κ3) is 6.03. The van der Waals surface area contributed by atoms with E-state index >= 15 is 0 Å². The van der Waals surface area contributed by atoms with Crippen LogP contribution in [0.15, 0.2) is 65.8 Å². The lowest BCUT2D eigenvalue weighted by Crippen LogP contribution is -2.27. The number of ether oxygens (including phenoxy) is 2. The highest BCUT2D eigenvalue weighted by molar-refractivity contribution is 7.92. The van der Waals surface area contributed by atoms with Crippen LogP contribution in [0.4, 0.5) is 11.6 Å². The second-order valence-corrected chi connectivity index (χ2v) is 8.29. The monoisotopic (exact) mass is 459 g/mol. The number of methoxy groups -OCH3 is 2. The standard InChI is InChI=1S/C20H21N5O4S2/c1-28-17-9-4-14(12-18(17)29-2)13-23-20(30)24-15-5-7-16(8-6-15)31(26,27)25-19-21-10-3-11-22-19/h3-12H,13H2,1-2H3,(H,21,22,25)(H2,23,24,30). The number of aromatic nitrogens is 2. The Morgan fingerprint density at radius 2 is 1.68 bits per heavy atom. The van der Waals surface area contributed by atoms with Gasteiger partial charge in [-0.05, 0) is 60.2 Å². The summed E-state index contributed by atoms with van der Waals surface area (Å²) in [7, 11) is -0.633. The molecule has 3 rings (SSSR count). The molecule has 0 radical (unpaired) electrons. The van der Waals surface area contributed by atoms with E-state index in [2.05, 4.69) is 25.3 Å². The van der Waals surface area contributed by atoms with Crippen molar-refractivity contribution >= 4 is 39.0 Å². The number of sulfonamides is 1. The summed E-state index contributed by atoms with van der Waals surface area (Å²) in [4.78, 5) is 7.80. The van der Waals surface area contributed by atoms with E-state index in [4.69, 9.17) is 21.7 Å². The molecule has 0 bridgehead atoms. The number of nitrogens with one attached hydrogen (secondary N) is 3. The van der Waals surface area contributed by atoms with Crippen molar-refractivity contribution in [2.75, 3.05) is 24.3 Å². The molecule has 3 aromatic rings. The Hall–Kier alpha value is -3.44. The maximum absolute atomic E-state index is 12.4. The predicted molar refractivity (Wildman–Crippen MR) is 122 cm³/mol. The molecule has 0 amide bonds. The second-order valence-electron chi connectivity index (χ2n) is 6.20. The van der Waals surface area contributed by atoms with Crippen LogP contribution in [0.1, 0.15) is 5.56 Å². The Morgan fingerprint density at radius 1 is 1.00 bits per heavy atom. The smallest absolute Gasteiger partial charge is 0.264 e. The van der Waals surface area contributed by atoms with Gasteiger partial charge in [0.2, 0.25) is 5.95 Å².